The minimum Gasteiger partial charge on any atom is -0.447 e. The molecular formula is C13H21N3O3S. The van der Waals surface area contributed by atoms with E-state index in [4.69, 9.17) is 9.56 Å². The molecule has 1 aromatic rings. The molecule has 2 heterocycles. The van der Waals surface area contributed by atoms with Gasteiger partial charge in [-0.25, -0.2) is 13.6 Å². The Morgan fingerprint density at radius 3 is 2.50 bits per heavy atom. The van der Waals surface area contributed by atoms with Crippen LogP contribution in [-0.4, -0.2) is 38.5 Å². The van der Waals surface area contributed by atoms with Crippen LogP contribution in [0.3, 0.4) is 0 Å². The minimum atomic E-state index is -3.74. The molecule has 0 bridgehead atoms. The normalized spacial score (nSPS) is 22.2. The first-order chi connectivity index (χ1) is 9.52. The second-order valence-corrected chi connectivity index (χ2v) is 7.18. The van der Waals surface area contributed by atoms with Crippen molar-refractivity contribution in [2.24, 2.45) is 5.14 Å². The van der Waals surface area contributed by atoms with E-state index in [-0.39, 0.29) is 5.09 Å². The lowest BCUT2D eigenvalue weighted by atomic mass is 10.0. The number of sulfonamides is 1. The van der Waals surface area contributed by atoms with Gasteiger partial charge in [-0.3, -0.25) is 0 Å². The van der Waals surface area contributed by atoms with Gasteiger partial charge in [-0.15, -0.1) is 0 Å². The lowest BCUT2D eigenvalue weighted by Crippen LogP contribution is -2.43. The van der Waals surface area contributed by atoms with Gasteiger partial charge in [-0.1, -0.05) is 0 Å². The average molecular weight is 299 g/mol. The Kier molecular flexibility index (Phi) is 3.85. The maximum atomic E-state index is 11.1. The standard InChI is InChI=1S/C13H21N3O3S/c14-20(17,18)13-4-3-12(19-13)9-15-10-5-7-16(8-6-10)11-1-2-11/h3-4,10-11,15H,1-2,5-9H2,(H2,14,17,18). The van der Waals surface area contributed by atoms with Crippen molar-refractivity contribution in [1.29, 1.82) is 0 Å². The van der Waals surface area contributed by atoms with E-state index >= 15 is 0 Å². The van der Waals surface area contributed by atoms with Crippen LogP contribution in [0.5, 0.6) is 0 Å². The van der Waals surface area contributed by atoms with E-state index in [0.29, 0.717) is 18.3 Å². The lowest BCUT2D eigenvalue weighted by Gasteiger charge is -2.32. The highest BCUT2D eigenvalue weighted by Gasteiger charge is 2.31. The number of hydrogen-bond acceptors (Lipinski definition) is 5. The van der Waals surface area contributed by atoms with Crippen molar-refractivity contribution in [3.8, 4) is 0 Å². The Hall–Kier alpha value is -0.890. The second-order valence-electron chi connectivity index (χ2n) is 5.69. The predicted molar refractivity (Wildman–Crippen MR) is 74.5 cm³/mol. The van der Waals surface area contributed by atoms with Crippen LogP contribution in [0.25, 0.3) is 0 Å². The molecule has 0 amide bonds. The maximum absolute atomic E-state index is 11.1. The van der Waals surface area contributed by atoms with Crippen molar-refractivity contribution in [3.63, 3.8) is 0 Å². The third-order valence-electron chi connectivity index (χ3n) is 4.08. The highest BCUT2D eigenvalue weighted by molar-refractivity contribution is 7.89. The number of hydrogen-bond donors (Lipinski definition) is 2. The van der Waals surface area contributed by atoms with Gasteiger partial charge < -0.3 is 14.6 Å². The monoisotopic (exact) mass is 299 g/mol. The van der Waals surface area contributed by atoms with Crippen LogP contribution < -0.4 is 10.5 Å². The summed E-state index contributed by atoms with van der Waals surface area (Å²) in [4.78, 5) is 2.57. The molecule has 20 heavy (non-hydrogen) atoms. The van der Waals surface area contributed by atoms with Crippen LogP contribution in [0, 0.1) is 0 Å². The topological polar surface area (TPSA) is 88.6 Å². The fraction of sp³-hybridized carbons (Fsp3) is 0.692. The third kappa shape index (κ3) is 3.41. The Balaban J connectivity index is 1.46. The molecule has 0 radical (unpaired) electrons. The van der Waals surface area contributed by atoms with Gasteiger partial charge in [0.25, 0.3) is 10.0 Å². The van der Waals surface area contributed by atoms with Crippen molar-refractivity contribution in [2.45, 2.75) is 49.4 Å². The maximum Gasteiger partial charge on any atom is 0.271 e. The molecule has 1 aliphatic heterocycles. The summed E-state index contributed by atoms with van der Waals surface area (Å²) >= 11 is 0. The summed E-state index contributed by atoms with van der Waals surface area (Å²) in [5.74, 6) is 0.610. The zero-order valence-electron chi connectivity index (χ0n) is 11.4. The van der Waals surface area contributed by atoms with E-state index < -0.39 is 10.0 Å². The quantitative estimate of drug-likeness (QED) is 0.833. The van der Waals surface area contributed by atoms with Gasteiger partial charge in [0.05, 0.1) is 6.54 Å². The van der Waals surface area contributed by atoms with E-state index in [2.05, 4.69) is 10.2 Å². The molecule has 1 saturated heterocycles. The van der Waals surface area contributed by atoms with Crippen LogP contribution >= 0.6 is 0 Å². The number of nitrogens with zero attached hydrogens (tertiary/aromatic N) is 1. The Morgan fingerprint density at radius 2 is 1.95 bits per heavy atom. The van der Waals surface area contributed by atoms with Crippen LogP contribution in [0.15, 0.2) is 21.6 Å². The molecule has 6 nitrogen and oxygen atoms in total. The van der Waals surface area contributed by atoms with Crippen molar-refractivity contribution >= 4 is 10.0 Å². The number of piperidine rings is 1. The highest BCUT2D eigenvalue weighted by Crippen LogP contribution is 2.29. The number of nitrogens with one attached hydrogen (secondary N) is 1. The van der Waals surface area contributed by atoms with Crippen molar-refractivity contribution in [3.05, 3.63) is 17.9 Å². The molecule has 1 saturated carbocycles. The summed E-state index contributed by atoms with van der Waals surface area (Å²) in [6, 6.07) is 4.39. The van der Waals surface area contributed by atoms with Crippen LogP contribution in [0.4, 0.5) is 0 Å². The van der Waals surface area contributed by atoms with Gasteiger partial charge in [-0.2, -0.15) is 0 Å². The average Bonchev–Trinajstić information content (AvgIpc) is 3.14. The molecule has 1 aliphatic carbocycles. The third-order valence-corrected chi connectivity index (χ3v) is 4.86. The first-order valence-electron chi connectivity index (χ1n) is 7.11. The van der Waals surface area contributed by atoms with E-state index in [1.165, 1.54) is 18.9 Å². The smallest absolute Gasteiger partial charge is 0.271 e. The molecule has 2 fully saturated rings. The molecule has 3 N–H and O–H groups in total. The van der Waals surface area contributed by atoms with Gasteiger partial charge in [0, 0.05) is 12.1 Å². The number of rotatable bonds is 5. The van der Waals surface area contributed by atoms with E-state index in [1.807, 2.05) is 0 Å². The van der Waals surface area contributed by atoms with Gasteiger partial charge in [0.1, 0.15) is 5.76 Å². The zero-order valence-corrected chi connectivity index (χ0v) is 12.2. The van der Waals surface area contributed by atoms with Crippen molar-refractivity contribution < 1.29 is 12.8 Å². The number of furan rings is 1. The Morgan fingerprint density at radius 1 is 1.25 bits per heavy atom. The largest absolute Gasteiger partial charge is 0.447 e. The van der Waals surface area contributed by atoms with Crippen LogP contribution in [0.2, 0.25) is 0 Å². The minimum absolute atomic E-state index is 0.169. The molecule has 2 aliphatic rings. The summed E-state index contributed by atoms with van der Waals surface area (Å²) in [5.41, 5.74) is 0. The molecule has 0 atom stereocenters. The Labute approximate surface area is 119 Å². The predicted octanol–water partition coefficient (Wildman–Crippen LogP) is 0.643. The van der Waals surface area contributed by atoms with Gasteiger partial charge >= 0.3 is 0 Å². The van der Waals surface area contributed by atoms with Crippen molar-refractivity contribution in [2.75, 3.05) is 13.1 Å². The highest BCUT2D eigenvalue weighted by atomic mass is 32.2. The summed E-state index contributed by atoms with van der Waals surface area (Å²) in [6.45, 7) is 2.86. The lowest BCUT2D eigenvalue weighted by molar-refractivity contribution is 0.187. The number of likely N-dealkylation sites (tertiary alicyclic amines) is 1. The molecule has 1 aromatic heterocycles. The van der Waals surface area contributed by atoms with E-state index in [9.17, 15) is 8.42 Å². The molecule has 0 aromatic carbocycles. The van der Waals surface area contributed by atoms with E-state index in [1.54, 1.807) is 6.07 Å². The molecule has 0 spiro atoms. The summed E-state index contributed by atoms with van der Waals surface area (Å²) in [6.07, 6.45) is 5.00. The van der Waals surface area contributed by atoms with Gasteiger partial charge in [-0.05, 0) is 50.9 Å². The number of nitrogens with two attached hydrogens (primary N) is 1. The summed E-state index contributed by atoms with van der Waals surface area (Å²) < 4.78 is 27.5. The summed E-state index contributed by atoms with van der Waals surface area (Å²) in [7, 11) is -3.74. The van der Waals surface area contributed by atoms with Gasteiger partial charge in [0.2, 0.25) is 5.09 Å². The number of primary sulfonamides is 1. The van der Waals surface area contributed by atoms with Crippen LogP contribution in [-0.2, 0) is 16.6 Å². The molecule has 3 rings (SSSR count). The first-order valence-corrected chi connectivity index (χ1v) is 8.66. The molecular weight excluding hydrogens is 278 g/mol. The fourth-order valence-electron chi connectivity index (χ4n) is 2.76. The molecule has 112 valence electrons. The second kappa shape index (κ2) is 5.48. The van der Waals surface area contributed by atoms with Gasteiger partial charge in [0.15, 0.2) is 0 Å². The fourth-order valence-corrected chi connectivity index (χ4v) is 3.24. The van der Waals surface area contributed by atoms with E-state index in [0.717, 1.165) is 32.0 Å². The summed E-state index contributed by atoms with van der Waals surface area (Å²) in [5, 5.41) is 8.27. The van der Waals surface area contributed by atoms with Crippen LogP contribution in [0.1, 0.15) is 31.4 Å². The zero-order chi connectivity index (χ0) is 14.2. The molecule has 7 heteroatoms. The first kappa shape index (κ1) is 14.1. The molecule has 0 unspecified atom stereocenters. The SMILES string of the molecule is NS(=O)(=O)c1ccc(CNC2CCN(C3CC3)CC2)o1. The van der Waals surface area contributed by atoms with Crippen molar-refractivity contribution in [1.82, 2.24) is 10.2 Å². The Bertz CT molecular complexity index is 557.